The number of alkyl halides is 3. The molecule has 5 nitrogen and oxygen atoms in total. The highest BCUT2D eigenvalue weighted by Crippen LogP contribution is 2.26. The van der Waals surface area contributed by atoms with Crippen LogP contribution in [0.2, 0.25) is 0 Å². The van der Waals surface area contributed by atoms with Crippen molar-refractivity contribution in [3.8, 4) is 11.5 Å². The summed E-state index contributed by atoms with van der Waals surface area (Å²) in [6, 6.07) is 11.7. The Morgan fingerprint density at radius 1 is 1.08 bits per heavy atom. The van der Waals surface area contributed by atoms with Gasteiger partial charge in [-0.1, -0.05) is 18.2 Å². The van der Waals surface area contributed by atoms with Gasteiger partial charge >= 0.3 is 12.4 Å². The summed E-state index contributed by atoms with van der Waals surface area (Å²) in [5.74, 6) is 0.286. The lowest BCUT2D eigenvalue weighted by Gasteiger charge is -2.14. The number of benzene rings is 2. The molecular formula is C16H15F3N2O3. The van der Waals surface area contributed by atoms with Crippen LogP contribution >= 0.6 is 0 Å². The average molecular weight is 340 g/mol. The molecule has 0 unspecified atom stereocenters. The molecule has 0 bridgehead atoms. The Morgan fingerprint density at radius 2 is 1.75 bits per heavy atom. The summed E-state index contributed by atoms with van der Waals surface area (Å²) in [4.78, 5) is 11.8. The van der Waals surface area contributed by atoms with Crippen LogP contribution in [0.15, 0.2) is 48.5 Å². The van der Waals surface area contributed by atoms with E-state index in [0.29, 0.717) is 11.4 Å². The summed E-state index contributed by atoms with van der Waals surface area (Å²) < 4.78 is 45.9. The van der Waals surface area contributed by atoms with Crippen molar-refractivity contribution in [1.82, 2.24) is 5.32 Å². The number of carbonyl (C=O) groups excluding carboxylic acids is 1. The number of carbonyl (C=O) groups is 1. The fraction of sp³-hybridized carbons (Fsp3) is 0.188. The van der Waals surface area contributed by atoms with Crippen molar-refractivity contribution in [2.24, 2.45) is 0 Å². The summed E-state index contributed by atoms with van der Waals surface area (Å²) in [5, 5.41) is 5.04. The van der Waals surface area contributed by atoms with Crippen molar-refractivity contribution in [1.29, 1.82) is 0 Å². The molecule has 8 heteroatoms. The number of hydrogen-bond acceptors (Lipinski definition) is 3. The first kappa shape index (κ1) is 17.5. The highest BCUT2D eigenvalue weighted by molar-refractivity contribution is 5.89. The van der Waals surface area contributed by atoms with Gasteiger partial charge in [-0.05, 0) is 30.3 Å². The molecule has 0 aromatic heterocycles. The van der Waals surface area contributed by atoms with E-state index in [9.17, 15) is 18.0 Å². The Bertz CT molecular complexity index is 688. The number of rotatable bonds is 5. The summed E-state index contributed by atoms with van der Waals surface area (Å²) in [7, 11) is 1.52. The van der Waals surface area contributed by atoms with Crippen LogP contribution in [0, 0.1) is 0 Å². The van der Waals surface area contributed by atoms with Crippen LogP contribution in [-0.4, -0.2) is 19.5 Å². The minimum absolute atomic E-state index is 0.117. The molecule has 0 atom stereocenters. The van der Waals surface area contributed by atoms with Gasteiger partial charge in [0.2, 0.25) is 0 Å². The van der Waals surface area contributed by atoms with Gasteiger partial charge in [0.1, 0.15) is 11.5 Å². The molecular weight excluding hydrogens is 325 g/mol. The Kier molecular flexibility index (Phi) is 5.51. The van der Waals surface area contributed by atoms with Crippen LogP contribution in [0.25, 0.3) is 0 Å². The van der Waals surface area contributed by atoms with Gasteiger partial charge in [-0.2, -0.15) is 0 Å². The zero-order valence-electron chi connectivity index (χ0n) is 12.7. The number of anilines is 1. The number of nitrogens with one attached hydrogen (secondary N) is 2. The lowest BCUT2D eigenvalue weighted by Crippen LogP contribution is -2.28. The molecule has 128 valence electrons. The predicted octanol–water partition coefficient (Wildman–Crippen LogP) is 3.92. The van der Waals surface area contributed by atoms with Crippen LogP contribution in [-0.2, 0) is 6.54 Å². The lowest BCUT2D eigenvalue weighted by molar-refractivity contribution is -0.274. The van der Waals surface area contributed by atoms with Crippen LogP contribution in [0.3, 0.4) is 0 Å². The van der Waals surface area contributed by atoms with Crippen molar-refractivity contribution in [2.45, 2.75) is 12.9 Å². The van der Waals surface area contributed by atoms with Gasteiger partial charge in [0.25, 0.3) is 0 Å². The summed E-state index contributed by atoms with van der Waals surface area (Å²) >= 11 is 0. The van der Waals surface area contributed by atoms with Gasteiger partial charge in [0, 0.05) is 17.8 Å². The summed E-state index contributed by atoms with van der Waals surface area (Å²) in [5.41, 5.74) is 0.729. The fourth-order valence-electron chi connectivity index (χ4n) is 1.90. The van der Waals surface area contributed by atoms with E-state index in [1.165, 1.54) is 25.3 Å². The van der Waals surface area contributed by atoms with Gasteiger partial charge in [-0.25, -0.2) is 4.79 Å². The highest BCUT2D eigenvalue weighted by atomic mass is 19.4. The number of para-hydroxylation sites is 1. The number of hydrogen-bond donors (Lipinski definition) is 2. The molecule has 2 amide bonds. The third kappa shape index (κ3) is 5.38. The lowest BCUT2D eigenvalue weighted by atomic mass is 10.2. The van der Waals surface area contributed by atoms with Crippen LogP contribution < -0.4 is 20.1 Å². The number of ether oxygens (including phenoxy) is 2. The largest absolute Gasteiger partial charge is 0.573 e. The maximum absolute atomic E-state index is 12.3. The SMILES string of the molecule is COc1ccc(NC(=O)NCc2ccccc2OC(F)(F)F)cc1. The standard InChI is InChI=1S/C16H15F3N2O3/c1-23-13-8-6-12(7-9-13)21-15(22)20-10-11-4-2-3-5-14(11)24-16(17,18)19/h2-9H,10H2,1H3,(H2,20,21,22). The van der Waals surface area contributed by atoms with E-state index in [1.54, 1.807) is 30.3 Å². The van der Waals surface area contributed by atoms with E-state index in [2.05, 4.69) is 15.4 Å². The molecule has 2 aromatic rings. The van der Waals surface area contributed by atoms with E-state index in [0.717, 1.165) is 0 Å². The molecule has 2 N–H and O–H groups in total. The van der Waals surface area contributed by atoms with Gasteiger partial charge in [0.15, 0.2) is 0 Å². The van der Waals surface area contributed by atoms with Crippen molar-refractivity contribution in [3.05, 3.63) is 54.1 Å². The third-order valence-electron chi connectivity index (χ3n) is 2.99. The smallest absolute Gasteiger partial charge is 0.497 e. The first-order chi connectivity index (χ1) is 11.4. The van der Waals surface area contributed by atoms with Crippen LogP contribution in [0.1, 0.15) is 5.56 Å². The number of halogens is 3. The second-order valence-electron chi connectivity index (χ2n) is 4.69. The first-order valence-corrected chi connectivity index (χ1v) is 6.90. The number of methoxy groups -OCH3 is 1. The molecule has 0 aliphatic carbocycles. The van der Waals surface area contributed by atoms with Crippen molar-refractivity contribution < 1.29 is 27.4 Å². The summed E-state index contributed by atoms with van der Waals surface area (Å²) in [6.45, 7) is -0.117. The molecule has 2 aromatic carbocycles. The molecule has 0 fully saturated rings. The third-order valence-corrected chi connectivity index (χ3v) is 2.99. The maximum atomic E-state index is 12.3. The van der Waals surface area contributed by atoms with E-state index in [4.69, 9.17) is 4.74 Å². The zero-order valence-corrected chi connectivity index (χ0v) is 12.7. The second-order valence-corrected chi connectivity index (χ2v) is 4.69. The monoisotopic (exact) mass is 340 g/mol. The number of amides is 2. The van der Waals surface area contributed by atoms with Crippen molar-refractivity contribution >= 4 is 11.7 Å². The molecule has 0 heterocycles. The van der Waals surface area contributed by atoms with E-state index in [-0.39, 0.29) is 17.9 Å². The second kappa shape index (κ2) is 7.58. The van der Waals surface area contributed by atoms with E-state index >= 15 is 0 Å². The molecule has 0 radical (unpaired) electrons. The average Bonchev–Trinajstić information content (AvgIpc) is 2.53. The van der Waals surface area contributed by atoms with Gasteiger partial charge in [-0.15, -0.1) is 13.2 Å². The maximum Gasteiger partial charge on any atom is 0.573 e. The highest BCUT2D eigenvalue weighted by Gasteiger charge is 2.31. The van der Waals surface area contributed by atoms with E-state index < -0.39 is 12.4 Å². The Labute approximate surface area is 136 Å². The minimum Gasteiger partial charge on any atom is -0.497 e. The molecule has 0 saturated heterocycles. The molecule has 0 aliphatic heterocycles. The molecule has 2 rings (SSSR count). The topological polar surface area (TPSA) is 59.6 Å². The van der Waals surface area contributed by atoms with Crippen LogP contribution in [0.5, 0.6) is 11.5 Å². The molecule has 24 heavy (non-hydrogen) atoms. The van der Waals surface area contributed by atoms with Crippen molar-refractivity contribution in [2.75, 3.05) is 12.4 Å². The first-order valence-electron chi connectivity index (χ1n) is 6.90. The Hall–Kier alpha value is -2.90. The molecule has 0 saturated carbocycles. The minimum atomic E-state index is -4.79. The Balaban J connectivity index is 1.94. The predicted molar refractivity (Wildman–Crippen MR) is 82.0 cm³/mol. The van der Waals surface area contributed by atoms with Crippen LogP contribution in [0.4, 0.5) is 23.7 Å². The van der Waals surface area contributed by atoms with E-state index in [1.807, 2.05) is 0 Å². The molecule has 0 aliphatic rings. The van der Waals surface area contributed by atoms with Gasteiger partial charge in [0.05, 0.1) is 7.11 Å². The Morgan fingerprint density at radius 3 is 2.38 bits per heavy atom. The van der Waals surface area contributed by atoms with Gasteiger partial charge < -0.3 is 20.1 Å². The normalized spacial score (nSPS) is 10.8. The van der Waals surface area contributed by atoms with Crippen molar-refractivity contribution in [3.63, 3.8) is 0 Å². The zero-order chi connectivity index (χ0) is 17.6. The number of urea groups is 1. The fourth-order valence-corrected chi connectivity index (χ4v) is 1.90. The quantitative estimate of drug-likeness (QED) is 0.867. The van der Waals surface area contributed by atoms with Gasteiger partial charge in [-0.3, -0.25) is 0 Å². The molecule has 0 spiro atoms. The summed E-state index contributed by atoms with van der Waals surface area (Å²) in [6.07, 6.45) is -4.79.